The average Bonchev–Trinajstić information content (AvgIpc) is 2.83. The molecule has 5 heteroatoms. The predicted molar refractivity (Wildman–Crippen MR) is 90.3 cm³/mol. The van der Waals surface area contributed by atoms with Crippen molar-refractivity contribution in [3.05, 3.63) is 23.9 Å². The molecule has 5 nitrogen and oxygen atoms in total. The van der Waals surface area contributed by atoms with E-state index < -0.39 is 5.97 Å². The number of nitrogens with zero attached hydrogens (tertiary/aromatic N) is 1. The molecule has 0 atom stereocenters. The summed E-state index contributed by atoms with van der Waals surface area (Å²) in [7, 11) is 1.58. The highest BCUT2D eigenvalue weighted by Gasteiger charge is 2.23. The number of benzene rings is 1. The first-order valence-corrected chi connectivity index (χ1v) is 8.20. The number of aromatic hydroxyl groups is 1. The van der Waals surface area contributed by atoms with Crippen molar-refractivity contribution >= 4 is 16.9 Å². The number of hydrogen-bond donors (Lipinski definition) is 1. The van der Waals surface area contributed by atoms with Gasteiger partial charge in [0.2, 0.25) is 0 Å². The lowest BCUT2D eigenvalue weighted by Crippen LogP contribution is -2.12. The van der Waals surface area contributed by atoms with Gasteiger partial charge in [-0.1, -0.05) is 26.2 Å². The molecule has 0 aliphatic rings. The second-order valence-corrected chi connectivity index (χ2v) is 5.51. The van der Waals surface area contributed by atoms with Crippen LogP contribution in [0, 0.1) is 0 Å². The molecule has 0 radical (unpaired) electrons. The van der Waals surface area contributed by atoms with Crippen LogP contribution in [-0.2, 0) is 11.3 Å². The topological polar surface area (TPSA) is 60.7 Å². The van der Waals surface area contributed by atoms with E-state index >= 15 is 0 Å². The van der Waals surface area contributed by atoms with Crippen LogP contribution in [0.3, 0.4) is 0 Å². The van der Waals surface area contributed by atoms with E-state index in [1.165, 1.54) is 0 Å². The van der Waals surface area contributed by atoms with Gasteiger partial charge in [0.1, 0.15) is 5.75 Å². The molecule has 0 fully saturated rings. The number of esters is 1. The molecule has 0 bridgehead atoms. The second kappa shape index (κ2) is 7.90. The molecule has 0 saturated heterocycles. The SMILES string of the molecule is CCCCCCn1c(C(=O)OCC)c(O)c2cc(OC)ccc21. The summed E-state index contributed by atoms with van der Waals surface area (Å²) in [5.74, 6) is 0.120. The van der Waals surface area contributed by atoms with Crippen molar-refractivity contribution < 1.29 is 19.4 Å². The van der Waals surface area contributed by atoms with Crippen molar-refractivity contribution in [3.8, 4) is 11.5 Å². The summed E-state index contributed by atoms with van der Waals surface area (Å²) in [6, 6.07) is 5.45. The van der Waals surface area contributed by atoms with Gasteiger partial charge in [0, 0.05) is 11.9 Å². The summed E-state index contributed by atoms with van der Waals surface area (Å²) >= 11 is 0. The number of hydrogen-bond acceptors (Lipinski definition) is 4. The summed E-state index contributed by atoms with van der Waals surface area (Å²) < 4.78 is 12.2. The van der Waals surface area contributed by atoms with Crippen molar-refractivity contribution in [2.24, 2.45) is 0 Å². The van der Waals surface area contributed by atoms with Crippen LogP contribution in [-0.4, -0.2) is 29.4 Å². The Morgan fingerprint density at radius 3 is 2.65 bits per heavy atom. The zero-order valence-corrected chi connectivity index (χ0v) is 14.1. The van der Waals surface area contributed by atoms with Gasteiger partial charge in [0.25, 0.3) is 0 Å². The molecule has 0 aliphatic heterocycles. The molecule has 0 amide bonds. The smallest absolute Gasteiger partial charge is 0.358 e. The van der Waals surface area contributed by atoms with Crippen LogP contribution < -0.4 is 4.74 Å². The van der Waals surface area contributed by atoms with Gasteiger partial charge in [-0.15, -0.1) is 0 Å². The molecular weight excluding hydrogens is 294 g/mol. The third-order valence-corrected chi connectivity index (χ3v) is 3.95. The van der Waals surface area contributed by atoms with Crippen LogP contribution in [0.1, 0.15) is 50.0 Å². The van der Waals surface area contributed by atoms with E-state index in [0.29, 0.717) is 17.7 Å². The molecule has 2 aromatic rings. The van der Waals surface area contributed by atoms with Crippen LogP contribution in [0.15, 0.2) is 18.2 Å². The van der Waals surface area contributed by atoms with Gasteiger partial charge >= 0.3 is 5.97 Å². The molecule has 0 spiro atoms. The molecule has 1 aromatic carbocycles. The molecular formula is C18H25NO4. The van der Waals surface area contributed by atoms with Gasteiger partial charge in [0.05, 0.1) is 19.2 Å². The van der Waals surface area contributed by atoms with Gasteiger partial charge in [-0.05, 0) is 31.5 Å². The van der Waals surface area contributed by atoms with Gasteiger partial charge in [-0.3, -0.25) is 0 Å². The maximum absolute atomic E-state index is 12.3. The quantitative estimate of drug-likeness (QED) is 0.587. The molecule has 0 saturated carbocycles. The number of fused-ring (bicyclic) bond motifs is 1. The maximum Gasteiger partial charge on any atom is 0.358 e. The van der Waals surface area contributed by atoms with Crippen LogP contribution in [0.2, 0.25) is 0 Å². The van der Waals surface area contributed by atoms with Gasteiger partial charge in [-0.25, -0.2) is 4.79 Å². The standard InChI is InChI=1S/C18H25NO4/c1-4-6-7-8-11-19-15-10-9-13(22-3)12-14(15)17(20)16(19)18(21)23-5-2/h9-10,12,20H,4-8,11H2,1-3H3. The molecule has 0 aliphatic carbocycles. The first-order chi connectivity index (χ1) is 11.1. The number of carbonyl (C=O) groups is 1. The maximum atomic E-state index is 12.3. The highest BCUT2D eigenvalue weighted by Crippen LogP contribution is 2.35. The molecule has 1 N–H and O–H groups in total. The van der Waals surface area contributed by atoms with Crippen molar-refractivity contribution in [1.82, 2.24) is 4.57 Å². The summed E-state index contributed by atoms with van der Waals surface area (Å²) in [5, 5.41) is 11.1. The van der Waals surface area contributed by atoms with Gasteiger partial charge in [0.15, 0.2) is 11.4 Å². The largest absolute Gasteiger partial charge is 0.505 e. The predicted octanol–water partition coefficient (Wildman–Crippen LogP) is 4.11. The fraction of sp³-hybridized carbons (Fsp3) is 0.500. The molecule has 1 heterocycles. The number of aryl methyl sites for hydroxylation is 1. The Morgan fingerprint density at radius 2 is 2.00 bits per heavy atom. The zero-order chi connectivity index (χ0) is 16.8. The minimum atomic E-state index is -0.490. The fourth-order valence-corrected chi connectivity index (χ4v) is 2.78. The Morgan fingerprint density at radius 1 is 1.22 bits per heavy atom. The minimum absolute atomic E-state index is 0.0344. The second-order valence-electron chi connectivity index (χ2n) is 5.51. The number of unbranched alkanes of at least 4 members (excludes halogenated alkanes) is 3. The van der Waals surface area contributed by atoms with E-state index in [9.17, 15) is 9.90 Å². The van der Waals surface area contributed by atoms with Crippen LogP contribution in [0.5, 0.6) is 11.5 Å². The third kappa shape index (κ3) is 3.60. The first-order valence-electron chi connectivity index (χ1n) is 8.20. The first kappa shape index (κ1) is 17.2. The summed E-state index contributed by atoms with van der Waals surface area (Å²) in [6.45, 7) is 4.87. The summed E-state index contributed by atoms with van der Waals surface area (Å²) in [6.07, 6.45) is 4.36. The average molecular weight is 319 g/mol. The summed E-state index contributed by atoms with van der Waals surface area (Å²) in [4.78, 5) is 12.3. The van der Waals surface area contributed by atoms with Crippen molar-refractivity contribution in [1.29, 1.82) is 0 Å². The summed E-state index contributed by atoms with van der Waals surface area (Å²) in [5.41, 5.74) is 1.05. The van der Waals surface area contributed by atoms with E-state index in [1.807, 2.05) is 16.7 Å². The fourth-order valence-electron chi connectivity index (χ4n) is 2.78. The van der Waals surface area contributed by atoms with Crippen molar-refractivity contribution in [3.63, 3.8) is 0 Å². The Bertz CT molecular complexity index is 675. The zero-order valence-electron chi connectivity index (χ0n) is 14.1. The molecule has 1 aromatic heterocycles. The Hall–Kier alpha value is -2.17. The van der Waals surface area contributed by atoms with E-state index in [-0.39, 0.29) is 18.1 Å². The van der Waals surface area contributed by atoms with Gasteiger partial charge in [-0.2, -0.15) is 0 Å². The minimum Gasteiger partial charge on any atom is -0.505 e. The van der Waals surface area contributed by atoms with Crippen molar-refractivity contribution in [2.75, 3.05) is 13.7 Å². The molecule has 126 valence electrons. The number of rotatable bonds is 8. The molecule has 2 rings (SSSR count). The highest BCUT2D eigenvalue weighted by molar-refractivity contribution is 6.01. The normalized spacial score (nSPS) is 10.9. The Balaban J connectivity index is 2.46. The Labute approximate surface area is 136 Å². The monoisotopic (exact) mass is 319 g/mol. The van der Waals surface area contributed by atoms with Crippen molar-refractivity contribution in [2.45, 2.75) is 46.1 Å². The lowest BCUT2D eigenvalue weighted by Gasteiger charge is -2.10. The van der Waals surface area contributed by atoms with E-state index in [2.05, 4.69) is 6.92 Å². The lowest BCUT2D eigenvalue weighted by molar-refractivity contribution is 0.0510. The van der Waals surface area contributed by atoms with Crippen LogP contribution in [0.25, 0.3) is 10.9 Å². The van der Waals surface area contributed by atoms with Crippen LogP contribution in [0.4, 0.5) is 0 Å². The number of carbonyl (C=O) groups excluding carboxylic acids is 1. The Kier molecular flexibility index (Phi) is 5.90. The number of aromatic nitrogens is 1. The molecule has 23 heavy (non-hydrogen) atoms. The highest BCUT2D eigenvalue weighted by atomic mass is 16.5. The van der Waals surface area contributed by atoms with E-state index in [0.717, 1.165) is 31.2 Å². The number of ether oxygens (including phenoxy) is 2. The number of methoxy groups -OCH3 is 1. The molecule has 0 unspecified atom stereocenters. The van der Waals surface area contributed by atoms with E-state index in [1.54, 1.807) is 20.1 Å². The third-order valence-electron chi connectivity index (χ3n) is 3.95. The van der Waals surface area contributed by atoms with Crippen LogP contribution >= 0.6 is 0 Å². The lowest BCUT2D eigenvalue weighted by atomic mass is 10.2. The van der Waals surface area contributed by atoms with E-state index in [4.69, 9.17) is 9.47 Å². The van der Waals surface area contributed by atoms with Gasteiger partial charge < -0.3 is 19.1 Å².